The third-order valence-corrected chi connectivity index (χ3v) is 15.2. The van der Waals surface area contributed by atoms with E-state index in [1.165, 1.54) is 263 Å². The third-order valence-electron chi connectivity index (χ3n) is 15.2. The lowest BCUT2D eigenvalue weighted by atomic mass is 10.00. The number of carbonyl (C=O) groups excluding carboxylic acids is 1. The van der Waals surface area contributed by atoms with E-state index in [0.717, 1.165) is 44.9 Å². The van der Waals surface area contributed by atoms with E-state index in [2.05, 4.69) is 67.8 Å². The molecule has 73 heavy (non-hydrogen) atoms. The molecule has 0 heterocycles. The molecule has 0 saturated carbocycles. The molecule has 1 amide bonds. The van der Waals surface area contributed by atoms with Crippen molar-refractivity contribution in [2.75, 3.05) is 6.61 Å². The van der Waals surface area contributed by atoms with Gasteiger partial charge in [0.2, 0.25) is 5.91 Å². The topological polar surface area (TPSA) is 110 Å². The van der Waals surface area contributed by atoms with Crippen molar-refractivity contribution in [3.63, 3.8) is 0 Å². The van der Waals surface area contributed by atoms with Gasteiger partial charge in [-0.25, -0.2) is 0 Å². The molecule has 4 unspecified atom stereocenters. The summed E-state index contributed by atoms with van der Waals surface area (Å²) >= 11 is 0. The van der Waals surface area contributed by atoms with Crippen LogP contribution in [0.15, 0.2) is 48.6 Å². The second-order valence-corrected chi connectivity index (χ2v) is 22.4. The van der Waals surface area contributed by atoms with Crippen LogP contribution in [0.5, 0.6) is 0 Å². The molecule has 0 rings (SSSR count). The third kappa shape index (κ3) is 54.9. The van der Waals surface area contributed by atoms with Crippen LogP contribution in [0.3, 0.4) is 0 Å². The second-order valence-electron chi connectivity index (χ2n) is 22.4. The highest BCUT2D eigenvalue weighted by atomic mass is 16.3. The van der Waals surface area contributed by atoms with Crippen molar-refractivity contribution in [2.24, 2.45) is 0 Å². The fourth-order valence-corrected chi connectivity index (χ4v) is 10.2. The molecule has 4 atom stereocenters. The maximum Gasteiger partial charge on any atom is 0.249 e. The Morgan fingerprint density at radius 1 is 0.342 bits per heavy atom. The molecular formula is C67H127NO5. The lowest BCUT2D eigenvalue weighted by Gasteiger charge is -2.27. The average Bonchev–Trinajstić information content (AvgIpc) is 3.40. The van der Waals surface area contributed by atoms with Gasteiger partial charge in [0.15, 0.2) is 0 Å². The number of rotatable bonds is 60. The number of hydrogen-bond donors (Lipinski definition) is 5. The summed E-state index contributed by atoms with van der Waals surface area (Å²) < 4.78 is 0. The molecule has 0 aliphatic rings. The molecule has 0 aromatic heterocycles. The Morgan fingerprint density at radius 3 is 0.945 bits per heavy atom. The number of nitrogens with one attached hydrogen (secondary N) is 1. The molecule has 5 N–H and O–H groups in total. The number of allylic oxidation sites excluding steroid dienone is 8. The van der Waals surface area contributed by atoms with Crippen LogP contribution in [0.4, 0.5) is 0 Å². The second kappa shape index (κ2) is 61.1. The van der Waals surface area contributed by atoms with Gasteiger partial charge in [0.25, 0.3) is 0 Å². The van der Waals surface area contributed by atoms with E-state index >= 15 is 0 Å². The number of hydrogen-bond acceptors (Lipinski definition) is 5. The maximum atomic E-state index is 12.6. The van der Waals surface area contributed by atoms with E-state index < -0.39 is 36.9 Å². The number of unbranched alkanes of at least 4 members (excludes halogenated alkanes) is 43. The predicted molar refractivity (Wildman–Crippen MR) is 320 cm³/mol. The lowest BCUT2D eigenvalue weighted by Crippen LogP contribution is -2.53. The first kappa shape index (κ1) is 71.3. The highest BCUT2D eigenvalue weighted by Gasteiger charge is 2.28. The number of amides is 1. The van der Waals surface area contributed by atoms with Crippen LogP contribution in [-0.4, -0.2) is 57.3 Å². The molecule has 0 saturated heterocycles. The first-order valence-corrected chi connectivity index (χ1v) is 32.5. The molecule has 0 aromatic carbocycles. The van der Waals surface area contributed by atoms with Gasteiger partial charge < -0.3 is 25.7 Å². The minimum absolute atomic E-state index is 0.356. The monoisotopic (exact) mass is 1030 g/mol. The average molecular weight is 1030 g/mol. The molecule has 0 aliphatic heterocycles. The maximum absolute atomic E-state index is 12.6. The van der Waals surface area contributed by atoms with Gasteiger partial charge in [-0.15, -0.1) is 0 Å². The minimum atomic E-state index is -1.29. The van der Waals surface area contributed by atoms with E-state index in [1.54, 1.807) is 0 Å². The Morgan fingerprint density at radius 2 is 0.616 bits per heavy atom. The van der Waals surface area contributed by atoms with Crippen molar-refractivity contribution in [3.05, 3.63) is 48.6 Å². The quantitative estimate of drug-likeness (QED) is 0.0308. The number of carbonyl (C=O) groups is 1. The first-order chi connectivity index (χ1) is 36.0. The molecule has 0 fully saturated rings. The zero-order valence-corrected chi connectivity index (χ0v) is 48.9. The summed E-state index contributed by atoms with van der Waals surface area (Å²) in [5, 5.41) is 44.1. The first-order valence-electron chi connectivity index (χ1n) is 32.5. The summed E-state index contributed by atoms with van der Waals surface area (Å²) in [6, 6.07) is -1.01. The van der Waals surface area contributed by atoms with Crippen LogP contribution in [0.2, 0.25) is 0 Å². The molecule has 0 spiro atoms. The molecule has 0 aliphatic carbocycles. The Bertz CT molecular complexity index is 1200. The summed E-state index contributed by atoms with van der Waals surface area (Å²) in [4.78, 5) is 12.6. The molecule has 0 bridgehead atoms. The van der Waals surface area contributed by atoms with Gasteiger partial charge in [-0.2, -0.15) is 0 Å². The van der Waals surface area contributed by atoms with Crippen LogP contribution in [-0.2, 0) is 4.79 Å². The predicted octanol–water partition coefficient (Wildman–Crippen LogP) is 19.7. The largest absolute Gasteiger partial charge is 0.394 e. The Balaban J connectivity index is 3.64. The fraction of sp³-hybridized carbons (Fsp3) is 0.866. The Kier molecular flexibility index (Phi) is 59.7. The molecule has 0 radical (unpaired) electrons. The molecule has 0 aromatic rings. The van der Waals surface area contributed by atoms with E-state index in [9.17, 15) is 25.2 Å². The summed E-state index contributed by atoms with van der Waals surface area (Å²) in [5.41, 5.74) is 0. The van der Waals surface area contributed by atoms with Gasteiger partial charge in [0.1, 0.15) is 12.2 Å². The van der Waals surface area contributed by atoms with Crippen molar-refractivity contribution < 1.29 is 25.2 Å². The van der Waals surface area contributed by atoms with E-state index in [1.807, 2.05) is 0 Å². The van der Waals surface area contributed by atoms with E-state index in [-0.39, 0.29) is 0 Å². The van der Waals surface area contributed by atoms with Gasteiger partial charge in [0.05, 0.1) is 18.8 Å². The van der Waals surface area contributed by atoms with Gasteiger partial charge >= 0.3 is 0 Å². The molecular weight excluding hydrogens is 899 g/mol. The molecule has 6 nitrogen and oxygen atoms in total. The summed E-state index contributed by atoms with van der Waals surface area (Å²) in [7, 11) is 0. The smallest absolute Gasteiger partial charge is 0.249 e. The van der Waals surface area contributed by atoms with Crippen LogP contribution in [0.1, 0.15) is 341 Å². The van der Waals surface area contributed by atoms with Crippen molar-refractivity contribution in [2.45, 2.75) is 366 Å². The Hall–Kier alpha value is -1.73. The highest BCUT2D eigenvalue weighted by Crippen LogP contribution is 2.18. The minimum Gasteiger partial charge on any atom is -0.394 e. The van der Waals surface area contributed by atoms with Gasteiger partial charge in [-0.3, -0.25) is 4.79 Å². The van der Waals surface area contributed by atoms with Crippen molar-refractivity contribution >= 4 is 5.91 Å². The normalized spacial score (nSPS) is 13.9. The number of aliphatic hydroxyl groups excluding tert-OH is 4. The van der Waals surface area contributed by atoms with Crippen LogP contribution < -0.4 is 5.32 Å². The van der Waals surface area contributed by atoms with Crippen molar-refractivity contribution in [1.29, 1.82) is 0 Å². The summed E-state index contributed by atoms with van der Waals surface area (Å²) in [6.45, 7) is 4.08. The summed E-state index contributed by atoms with van der Waals surface area (Å²) in [6.07, 6.45) is 79.3. The van der Waals surface area contributed by atoms with E-state index in [0.29, 0.717) is 19.3 Å². The van der Waals surface area contributed by atoms with Gasteiger partial charge in [-0.1, -0.05) is 306 Å². The zero-order chi connectivity index (χ0) is 53.0. The standard InChI is InChI=1S/C67H127NO5/c1-3-5-7-9-11-13-15-17-19-21-23-25-27-29-31-32-33-34-35-37-38-40-42-44-46-48-50-52-54-56-58-60-64(70)66(72)63(62-69)68-67(73)65(71)61-59-57-55-53-51-49-47-45-43-41-39-36-30-28-26-24-22-20-18-16-14-12-10-8-6-4-2/h24,26,30,36,44,46,52,54,63-66,69-72H,3-23,25,27-29,31-35,37-43,45,47-51,53,55-62H2,1-2H3,(H,68,73)/b26-24-,36-30-,46-44+,54-52+. The SMILES string of the molecule is CCCCCCCCCCC/C=C\C/C=C\CCCCCCCCCCCCC(O)C(=O)NC(CO)C(O)C(O)CCC/C=C/CC/C=C/CCCCCCCCCCCCCCCCCCCCCCCC. The van der Waals surface area contributed by atoms with Crippen LogP contribution in [0.25, 0.3) is 0 Å². The molecule has 430 valence electrons. The summed E-state index contributed by atoms with van der Waals surface area (Å²) in [5.74, 6) is -0.597. The number of aliphatic hydroxyl groups is 4. The highest BCUT2D eigenvalue weighted by molar-refractivity contribution is 5.80. The lowest BCUT2D eigenvalue weighted by molar-refractivity contribution is -0.132. The zero-order valence-electron chi connectivity index (χ0n) is 48.9. The van der Waals surface area contributed by atoms with Crippen molar-refractivity contribution in [3.8, 4) is 0 Å². The van der Waals surface area contributed by atoms with Crippen LogP contribution in [0, 0.1) is 0 Å². The Labute approximate surface area is 455 Å². The van der Waals surface area contributed by atoms with Crippen LogP contribution >= 0.6 is 0 Å². The van der Waals surface area contributed by atoms with Gasteiger partial charge in [-0.05, 0) is 83.5 Å². The van der Waals surface area contributed by atoms with Gasteiger partial charge in [0, 0.05) is 0 Å². The van der Waals surface area contributed by atoms with Crippen molar-refractivity contribution in [1.82, 2.24) is 5.32 Å². The molecule has 6 heteroatoms. The fourth-order valence-electron chi connectivity index (χ4n) is 10.2. The van der Waals surface area contributed by atoms with E-state index in [4.69, 9.17) is 0 Å².